The Kier molecular flexibility index (Phi) is 6.87. The van der Waals surface area contributed by atoms with E-state index in [1.807, 2.05) is 0 Å². The van der Waals surface area contributed by atoms with Crippen LogP contribution in [0, 0.1) is 0 Å². The highest BCUT2D eigenvalue weighted by atomic mass is 19.4. The molecule has 2 aliphatic heterocycles. The first kappa shape index (κ1) is 23.7. The summed E-state index contributed by atoms with van der Waals surface area (Å²) in [5.41, 5.74) is -3.12. The van der Waals surface area contributed by atoms with Crippen molar-refractivity contribution in [2.75, 3.05) is 38.3 Å². The molecular weight excluding hydrogens is 442 g/mol. The van der Waals surface area contributed by atoms with Crippen LogP contribution in [0.25, 0.3) is 0 Å². The van der Waals surface area contributed by atoms with Crippen LogP contribution in [0.3, 0.4) is 0 Å². The zero-order valence-electron chi connectivity index (χ0n) is 17.0. The molecule has 2 fully saturated rings. The van der Waals surface area contributed by atoms with Crippen molar-refractivity contribution in [3.63, 3.8) is 0 Å². The molecule has 0 bridgehead atoms. The molecule has 0 atom stereocenters. The van der Waals surface area contributed by atoms with Crippen molar-refractivity contribution in [3.05, 3.63) is 59.2 Å². The number of urea groups is 1. The van der Waals surface area contributed by atoms with Gasteiger partial charge in [0.05, 0.1) is 24.5 Å². The first-order chi connectivity index (χ1) is 15.0. The van der Waals surface area contributed by atoms with Crippen LogP contribution in [0.4, 0.5) is 36.8 Å². The van der Waals surface area contributed by atoms with Gasteiger partial charge in [0.1, 0.15) is 12.2 Å². The van der Waals surface area contributed by atoms with Gasteiger partial charge in [-0.1, -0.05) is 30.3 Å². The second-order valence-corrected chi connectivity index (χ2v) is 7.11. The summed E-state index contributed by atoms with van der Waals surface area (Å²) in [6, 6.07) is 8.03. The molecule has 0 spiro atoms. The molecule has 4 rings (SSSR count). The van der Waals surface area contributed by atoms with Crippen molar-refractivity contribution in [1.82, 2.24) is 4.90 Å². The van der Waals surface area contributed by atoms with Crippen LogP contribution >= 0.6 is 0 Å². The number of likely N-dealkylation sites (N-methyl/N-ethyl adjacent to an activating group) is 1. The normalized spacial score (nSPS) is 16.0. The van der Waals surface area contributed by atoms with E-state index in [1.54, 1.807) is 30.3 Å². The Bertz CT molecular complexity index is 942. The zero-order chi connectivity index (χ0) is 23.5. The number of benzene rings is 2. The number of alkyl halides is 6. The van der Waals surface area contributed by atoms with E-state index in [2.05, 4.69) is 4.74 Å². The third kappa shape index (κ3) is 5.84. The van der Waals surface area contributed by atoms with Gasteiger partial charge in [-0.05, 0) is 17.7 Å². The average molecular weight is 462 g/mol. The molecule has 0 aliphatic carbocycles. The van der Waals surface area contributed by atoms with Gasteiger partial charge in [-0.25, -0.2) is 4.79 Å². The molecule has 0 N–H and O–H groups in total. The number of nitrogens with zero attached hydrogens (tertiary/aromatic N) is 2. The Morgan fingerprint density at radius 2 is 1.59 bits per heavy atom. The van der Waals surface area contributed by atoms with E-state index < -0.39 is 40.9 Å². The van der Waals surface area contributed by atoms with Gasteiger partial charge in [-0.2, -0.15) is 26.3 Å². The number of hydrogen-bond donors (Lipinski definition) is 0. The Morgan fingerprint density at radius 3 is 2.06 bits per heavy atom. The van der Waals surface area contributed by atoms with Gasteiger partial charge in [0.2, 0.25) is 0 Å². The minimum absolute atomic E-state index is 0.00802. The molecule has 2 amide bonds. The number of carbonyl (C=O) groups excluding carboxylic acids is 1. The number of ether oxygens (including phenoxy) is 2. The van der Waals surface area contributed by atoms with Crippen LogP contribution in [-0.4, -0.2) is 44.3 Å². The fraction of sp³-hybridized carbons (Fsp3) is 0.381. The van der Waals surface area contributed by atoms with E-state index in [4.69, 9.17) is 4.74 Å². The number of amides is 2. The van der Waals surface area contributed by atoms with E-state index in [1.165, 1.54) is 11.9 Å². The Labute approximate surface area is 180 Å². The second-order valence-electron chi connectivity index (χ2n) is 7.11. The first-order valence-corrected chi connectivity index (χ1v) is 9.58. The largest absolute Gasteiger partial charge is 0.486 e. The SMILES string of the molecule is C1CO1.CN1CCN(c2cc(C(F)(F)F)cc(C(F)(F)F)c2OCc2ccccc2)C1=O. The van der Waals surface area contributed by atoms with Crippen LogP contribution in [0.5, 0.6) is 5.75 Å². The highest BCUT2D eigenvalue weighted by molar-refractivity contribution is 5.96. The molecule has 32 heavy (non-hydrogen) atoms. The van der Waals surface area contributed by atoms with Gasteiger partial charge in [0, 0.05) is 20.1 Å². The molecule has 2 aromatic carbocycles. The van der Waals surface area contributed by atoms with E-state index in [0.29, 0.717) is 11.6 Å². The second kappa shape index (κ2) is 9.27. The summed E-state index contributed by atoms with van der Waals surface area (Å²) in [6.07, 6.45) is -10.1. The van der Waals surface area contributed by atoms with Crippen molar-refractivity contribution >= 4 is 11.7 Å². The van der Waals surface area contributed by atoms with E-state index in [-0.39, 0.29) is 25.8 Å². The molecule has 174 valence electrons. The summed E-state index contributed by atoms with van der Waals surface area (Å²) >= 11 is 0. The highest BCUT2D eigenvalue weighted by Crippen LogP contribution is 2.46. The molecule has 11 heteroatoms. The van der Waals surface area contributed by atoms with Crippen LogP contribution in [-0.2, 0) is 23.7 Å². The fourth-order valence-corrected chi connectivity index (χ4v) is 2.94. The Hall–Kier alpha value is -2.95. The molecule has 2 aromatic rings. The van der Waals surface area contributed by atoms with Crippen molar-refractivity contribution in [1.29, 1.82) is 0 Å². The minimum Gasteiger partial charge on any atom is -0.486 e. The molecular formula is C21H20F6N2O3. The van der Waals surface area contributed by atoms with Crippen molar-refractivity contribution in [2.45, 2.75) is 19.0 Å². The lowest BCUT2D eigenvalue weighted by Gasteiger charge is -2.25. The maximum absolute atomic E-state index is 13.6. The monoisotopic (exact) mass is 462 g/mol. The van der Waals surface area contributed by atoms with E-state index in [9.17, 15) is 31.1 Å². The Morgan fingerprint density at radius 1 is 0.969 bits per heavy atom. The van der Waals surface area contributed by atoms with Gasteiger partial charge in [0.25, 0.3) is 0 Å². The topological polar surface area (TPSA) is 45.3 Å². The van der Waals surface area contributed by atoms with E-state index in [0.717, 1.165) is 18.1 Å². The lowest BCUT2D eigenvalue weighted by molar-refractivity contribution is -0.143. The summed E-state index contributed by atoms with van der Waals surface area (Å²) in [5, 5.41) is 0. The average Bonchev–Trinajstić information content (AvgIpc) is 3.57. The van der Waals surface area contributed by atoms with Gasteiger partial charge >= 0.3 is 18.4 Å². The zero-order valence-corrected chi connectivity index (χ0v) is 17.0. The number of carbonyl (C=O) groups is 1. The smallest absolute Gasteiger partial charge is 0.420 e. The quantitative estimate of drug-likeness (QED) is 0.464. The predicted octanol–water partition coefficient (Wildman–Crippen LogP) is 5.19. The molecule has 2 aliphatic rings. The van der Waals surface area contributed by atoms with Gasteiger partial charge in [-0.15, -0.1) is 0 Å². The maximum Gasteiger partial charge on any atom is 0.420 e. The van der Waals surface area contributed by atoms with Crippen LogP contribution in [0.2, 0.25) is 0 Å². The predicted molar refractivity (Wildman–Crippen MR) is 103 cm³/mol. The van der Waals surface area contributed by atoms with Gasteiger partial charge in [-0.3, -0.25) is 4.90 Å². The summed E-state index contributed by atoms with van der Waals surface area (Å²) in [5.74, 6) is -0.807. The fourth-order valence-electron chi connectivity index (χ4n) is 2.94. The molecule has 0 unspecified atom stereocenters. The third-order valence-electron chi connectivity index (χ3n) is 4.64. The molecule has 0 aromatic heterocycles. The molecule has 0 saturated carbocycles. The van der Waals surface area contributed by atoms with Crippen molar-refractivity contribution < 1.29 is 40.6 Å². The van der Waals surface area contributed by atoms with E-state index >= 15 is 0 Å². The summed E-state index contributed by atoms with van der Waals surface area (Å²) in [4.78, 5) is 14.4. The third-order valence-corrected chi connectivity index (χ3v) is 4.64. The lowest BCUT2D eigenvalue weighted by atomic mass is 10.1. The van der Waals surface area contributed by atoms with Crippen LogP contribution < -0.4 is 9.64 Å². The molecule has 0 radical (unpaired) electrons. The highest BCUT2D eigenvalue weighted by Gasteiger charge is 2.42. The maximum atomic E-state index is 13.6. The first-order valence-electron chi connectivity index (χ1n) is 9.58. The number of anilines is 1. The lowest BCUT2D eigenvalue weighted by Crippen LogP contribution is -2.30. The molecule has 5 nitrogen and oxygen atoms in total. The van der Waals surface area contributed by atoms with Gasteiger partial charge < -0.3 is 14.4 Å². The number of epoxide rings is 1. The van der Waals surface area contributed by atoms with Crippen LogP contribution in [0.15, 0.2) is 42.5 Å². The molecule has 2 heterocycles. The summed E-state index contributed by atoms with van der Waals surface area (Å²) in [6.45, 7) is 1.80. The van der Waals surface area contributed by atoms with Crippen molar-refractivity contribution in [2.24, 2.45) is 0 Å². The minimum atomic E-state index is -5.11. The summed E-state index contributed by atoms with van der Waals surface area (Å²) < 4.78 is 90.5. The molecule has 2 saturated heterocycles. The standard InChI is InChI=1S/C19H16F6N2O2.C2H4O/c1-26-7-8-27(17(26)28)15-10-13(18(20,21)22)9-14(19(23,24)25)16(15)29-11-12-5-3-2-4-6-12;1-2-3-1/h2-6,9-10H,7-8,11H2,1H3;1-2H2. The number of hydrogen-bond acceptors (Lipinski definition) is 3. The summed E-state index contributed by atoms with van der Waals surface area (Å²) in [7, 11) is 1.41. The number of rotatable bonds is 4. The Balaban J connectivity index is 0.000000887. The van der Waals surface area contributed by atoms with Crippen LogP contribution in [0.1, 0.15) is 16.7 Å². The van der Waals surface area contributed by atoms with Crippen molar-refractivity contribution in [3.8, 4) is 5.75 Å². The van der Waals surface area contributed by atoms with Gasteiger partial charge in [0.15, 0.2) is 5.75 Å². The number of halogens is 6.